The van der Waals surface area contributed by atoms with E-state index in [-0.39, 0.29) is 12.3 Å². The maximum absolute atomic E-state index is 12.3. The van der Waals surface area contributed by atoms with Gasteiger partial charge in [-0.3, -0.25) is 4.79 Å². The Kier molecular flexibility index (Phi) is 5.09. The number of benzene rings is 1. The number of hydrogen-bond donors (Lipinski definition) is 0. The number of ether oxygens (including phenoxy) is 2. The van der Waals surface area contributed by atoms with Gasteiger partial charge in [-0.05, 0) is 6.07 Å². The summed E-state index contributed by atoms with van der Waals surface area (Å²) in [6, 6.07) is 7.05. The molecule has 0 aliphatic carbocycles. The first-order valence-corrected chi connectivity index (χ1v) is 7.84. The minimum absolute atomic E-state index is 0.0594. The zero-order chi connectivity index (χ0) is 17.2. The first-order chi connectivity index (χ1) is 10.8. The third-order valence-electron chi connectivity index (χ3n) is 3.92. The van der Waals surface area contributed by atoms with Crippen molar-refractivity contribution in [2.75, 3.05) is 7.11 Å². The minimum atomic E-state index is -1.30. The van der Waals surface area contributed by atoms with E-state index in [1.165, 1.54) is 7.11 Å². The molecule has 2 atom stereocenters. The van der Waals surface area contributed by atoms with E-state index in [9.17, 15) is 9.59 Å². The molecule has 1 aliphatic rings. The van der Waals surface area contributed by atoms with Gasteiger partial charge in [0.15, 0.2) is 0 Å². The lowest BCUT2D eigenvalue weighted by Gasteiger charge is -2.31. The number of cyclic esters (lactones) is 1. The number of carbonyl (C=O) groups excluding carboxylic acids is 2. The molecule has 0 fully saturated rings. The Bertz CT molecular complexity index is 656. The summed E-state index contributed by atoms with van der Waals surface area (Å²) in [5.41, 5.74) is -0.382. The van der Waals surface area contributed by atoms with E-state index in [2.05, 4.69) is 4.99 Å². The van der Waals surface area contributed by atoms with Gasteiger partial charge in [0.2, 0.25) is 5.72 Å². The third kappa shape index (κ3) is 3.24. The zero-order valence-electron chi connectivity index (χ0n) is 13.6. The molecule has 1 aromatic carbocycles. The van der Waals surface area contributed by atoms with Crippen molar-refractivity contribution in [3.05, 3.63) is 34.9 Å². The van der Waals surface area contributed by atoms with Crippen molar-refractivity contribution in [1.82, 2.24) is 0 Å². The van der Waals surface area contributed by atoms with Crippen LogP contribution in [0.1, 0.15) is 32.8 Å². The van der Waals surface area contributed by atoms with Gasteiger partial charge in [0.05, 0.1) is 13.5 Å². The molecule has 0 aromatic heterocycles. The number of methoxy groups -OCH3 is 1. The second-order valence-electron chi connectivity index (χ2n) is 5.90. The summed E-state index contributed by atoms with van der Waals surface area (Å²) in [4.78, 5) is 28.5. The summed E-state index contributed by atoms with van der Waals surface area (Å²) >= 11 is 6.31. The fraction of sp³-hybridized carbons (Fsp3) is 0.471. The Morgan fingerprint density at radius 2 is 2.00 bits per heavy atom. The summed E-state index contributed by atoms with van der Waals surface area (Å²) in [5, 5.41) is 0.436. The number of rotatable bonds is 5. The lowest BCUT2D eigenvalue weighted by atomic mass is 9.88. The molecule has 6 heteroatoms. The van der Waals surface area contributed by atoms with Crippen molar-refractivity contribution in [2.24, 2.45) is 16.8 Å². The Balaban J connectivity index is 2.55. The number of nitrogens with zero attached hydrogens (tertiary/aromatic N) is 1. The molecule has 0 amide bonds. The normalized spacial score (nSPS) is 21.8. The Morgan fingerprint density at radius 1 is 1.35 bits per heavy atom. The fourth-order valence-corrected chi connectivity index (χ4v) is 2.89. The second kappa shape index (κ2) is 6.71. The molecule has 124 valence electrons. The number of carbonyl (C=O) groups is 2. The van der Waals surface area contributed by atoms with Gasteiger partial charge in [-0.1, -0.05) is 50.6 Å². The molecular weight excluding hydrogens is 318 g/mol. The molecule has 1 aromatic rings. The lowest BCUT2D eigenvalue weighted by Crippen LogP contribution is -2.35. The first kappa shape index (κ1) is 17.5. The number of hydrogen-bond acceptors (Lipinski definition) is 5. The van der Waals surface area contributed by atoms with Crippen LogP contribution in [-0.4, -0.2) is 24.8 Å². The predicted molar refractivity (Wildman–Crippen MR) is 87.3 cm³/mol. The van der Waals surface area contributed by atoms with Crippen LogP contribution in [0.4, 0.5) is 0 Å². The molecule has 0 spiro atoms. The van der Waals surface area contributed by atoms with Crippen molar-refractivity contribution in [3.63, 3.8) is 0 Å². The summed E-state index contributed by atoms with van der Waals surface area (Å²) in [6.07, 6.45) is 0.0594. The second-order valence-corrected chi connectivity index (χ2v) is 6.31. The average molecular weight is 338 g/mol. The van der Waals surface area contributed by atoms with Crippen LogP contribution in [-0.2, 0) is 24.8 Å². The van der Waals surface area contributed by atoms with Crippen LogP contribution in [0.3, 0.4) is 0 Å². The summed E-state index contributed by atoms with van der Waals surface area (Å²) in [7, 11) is 1.32. The highest BCUT2D eigenvalue weighted by molar-refractivity contribution is 6.38. The Morgan fingerprint density at radius 3 is 2.52 bits per heavy atom. The van der Waals surface area contributed by atoms with Crippen molar-refractivity contribution < 1.29 is 19.1 Å². The van der Waals surface area contributed by atoms with E-state index in [4.69, 9.17) is 21.1 Å². The fourth-order valence-electron chi connectivity index (χ4n) is 2.62. The number of halogens is 1. The van der Waals surface area contributed by atoms with Crippen LogP contribution >= 0.6 is 11.6 Å². The van der Waals surface area contributed by atoms with Crippen molar-refractivity contribution in [3.8, 4) is 0 Å². The molecule has 1 aliphatic heterocycles. The van der Waals surface area contributed by atoms with E-state index in [1.807, 2.05) is 13.8 Å². The lowest BCUT2D eigenvalue weighted by molar-refractivity contribution is -0.158. The first-order valence-electron chi connectivity index (χ1n) is 7.46. The monoisotopic (exact) mass is 337 g/mol. The highest BCUT2D eigenvalue weighted by Crippen LogP contribution is 2.44. The predicted octanol–water partition coefficient (Wildman–Crippen LogP) is 3.35. The van der Waals surface area contributed by atoms with Gasteiger partial charge in [0.1, 0.15) is 5.71 Å². The molecule has 1 heterocycles. The molecule has 5 nitrogen and oxygen atoms in total. The molecule has 0 saturated heterocycles. The molecule has 23 heavy (non-hydrogen) atoms. The zero-order valence-corrected chi connectivity index (χ0v) is 14.4. The van der Waals surface area contributed by atoms with Gasteiger partial charge in [0.25, 0.3) is 0 Å². The Hall–Kier alpha value is -1.88. The molecular formula is C17H20ClNO4. The molecule has 0 saturated carbocycles. The van der Waals surface area contributed by atoms with Crippen LogP contribution in [0.5, 0.6) is 0 Å². The quantitative estimate of drug-likeness (QED) is 0.773. The van der Waals surface area contributed by atoms with Crippen LogP contribution in [0, 0.1) is 11.8 Å². The van der Waals surface area contributed by atoms with Gasteiger partial charge in [-0.15, -0.1) is 0 Å². The van der Waals surface area contributed by atoms with Crippen molar-refractivity contribution >= 4 is 29.3 Å². The minimum Gasteiger partial charge on any atom is -0.469 e. The smallest absolute Gasteiger partial charge is 0.355 e. The summed E-state index contributed by atoms with van der Waals surface area (Å²) in [5.74, 6) is -1.38. The highest BCUT2D eigenvalue weighted by Gasteiger charge is 2.50. The highest BCUT2D eigenvalue weighted by atomic mass is 35.5. The van der Waals surface area contributed by atoms with Crippen molar-refractivity contribution in [2.45, 2.75) is 32.9 Å². The van der Waals surface area contributed by atoms with Crippen LogP contribution in [0.15, 0.2) is 29.3 Å². The van der Waals surface area contributed by atoms with E-state index >= 15 is 0 Å². The van der Waals surface area contributed by atoms with Gasteiger partial charge in [0, 0.05) is 22.4 Å². The molecule has 0 unspecified atom stereocenters. The molecule has 2 rings (SSSR count). The van der Waals surface area contributed by atoms with E-state index in [0.717, 1.165) is 0 Å². The van der Waals surface area contributed by atoms with Gasteiger partial charge < -0.3 is 9.47 Å². The van der Waals surface area contributed by atoms with E-state index in [1.54, 1.807) is 31.2 Å². The van der Waals surface area contributed by atoms with Crippen LogP contribution in [0.25, 0.3) is 0 Å². The topological polar surface area (TPSA) is 65.0 Å². The molecule has 0 N–H and O–H groups in total. The van der Waals surface area contributed by atoms with Crippen molar-refractivity contribution in [1.29, 1.82) is 0 Å². The number of aliphatic imine (C=N–C) groups is 1. The van der Waals surface area contributed by atoms with Gasteiger partial charge >= 0.3 is 11.9 Å². The Labute approximate surface area is 140 Å². The molecule has 0 radical (unpaired) electrons. The summed E-state index contributed by atoms with van der Waals surface area (Å²) < 4.78 is 10.4. The van der Waals surface area contributed by atoms with Crippen LogP contribution in [0.2, 0.25) is 5.02 Å². The third-order valence-corrected chi connectivity index (χ3v) is 4.25. The standard InChI is InChI=1S/C17H20ClNO4/c1-10(2)15-16(21)23-17(19-15,11(3)9-14(20)22-4)12-7-5-6-8-13(12)18/h5-8,10-11H,9H2,1-4H3/t11-,17-/m1/s1. The van der Waals surface area contributed by atoms with E-state index in [0.29, 0.717) is 16.3 Å². The maximum Gasteiger partial charge on any atom is 0.355 e. The van der Waals surface area contributed by atoms with Gasteiger partial charge in [-0.25, -0.2) is 9.79 Å². The number of esters is 2. The van der Waals surface area contributed by atoms with Crippen LogP contribution < -0.4 is 0 Å². The SMILES string of the molecule is COC(=O)C[C@@H](C)[C@@]1(c2ccccc2Cl)N=C(C(C)C)C(=O)O1. The maximum atomic E-state index is 12.3. The summed E-state index contributed by atoms with van der Waals surface area (Å²) in [6.45, 7) is 5.53. The largest absolute Gasteiger partial charge is 0.469 e. The average Bonchev–Trinajstić information content (AvgIpc) is 2.86. The van der Waals surface area contributed by atoms with Gasteiger partial charge in [-0.2, -0.15) is 0 Å². The van der Waals surface area contributed by atoms with E-state index < -0.39 is 23.6 Å². The molecule has 0 bridgehead atoms.